The number of nitrogens with zero attached hydrogens (tertiary/aromatic N) is 1. The first-order valence-electron chi connectivity index (χ1n) is 5.41. The summed E-state index contributed by atoms with van der Waals surface area (Å²) < 4.78 is 0. The highest BCUT2D eigenvalue weighted by Crippen LogP contribution is 2.27. The highest BCUT2D eigenvalue weighted by molar-refractivity contribution is 6.33. The topological polar surface area (TPSA) is 49.4 Å². The van der Waals surface area contributed by atoms with Crippen molar-refractivity contribution in [1.82, 2.24) is 5.32 Å². The average Bonchev–Trinajstić information content (AvgIpc) is 2.46. The van der Waals surface area contributed by atoms with E-state index in [9.17, 15) is 9.59 Å². The number of carbonyl (C=O) groups excluding carboxylic acids is 2. The van der Waals surface area contributed by atoms with Crippen LogP contribution >= 0.6 is 11.6 Å². The SMILES string of the molecule is Cc1ccc(Cl)c(N2CCC(=O)NCC2=O)c1. The van der Waals surface area contributed by atoms with Crippen LogP contribution in [-0.4, -0.2) is 24.9 Å². The molecule has 5 heteroatoms. The molecule has 0 spiro atoms. The number of benzene rings is 1. The van der Waals surface area contributed by atoms with Gasteiger partial charge in [-0.05, 0) is 24.6 Å². The molecule has 0 aliphatic carbocycles. The maximum absolute atomic E-state index is 11.9. The Kier molecular flexibility index (Phi) is 3.33. The molecule has 17 heavy (non-hydrogen) atoms. The van der Waals surface area contributed by atoms with Crippen molar-refractivity contribution in [2.45, 2.75) is 13.3 Å². The van der Waals surface area contributed by atoms with Gasteiger partial charge >= 0.3 is 0 Å². The summed E-state index contributed by atoms with van der Waals surface area (Å²) in [5, 5.41) is 3.08. The van der Waals surface area contributed by atoms with Gasteiger partial charge < -0.3 is 10.2 Å². The van der Waals surface area contributed by atoms with Crippen LogP contribution in [0, 0.1) is 6.92 Å². The summed E-state index contributed by atoms with van der Waals surface area (Å²) in [4.78, 5) is 24.7. The summed E-state index contributed by atoms with van der Waals surface area (Å²) in [5.41, 5.74) is 1.70. The van der Waals surface area contributed by atoms with E-state index in [1.807, 2.05) is 19.1 Å². The second-order valence-electron chi connectivity index (χ2n) is 4.03. The summed E-state index contributed by atoms with van der Waals surface area (Å²) in [7, 11) is 0. The highest BCUT2D eigenvalue weighted by atomic mass is 35.5. The lowest BCUT2D eigenvalue weighted by Gasteiger charge is -2.21. The monoisotopic (exact) mass is 252 g/mol. The third-order valence-corrected chi connectivity index (χ3v) is 3.01. The molecule has 1 saturated heterocycles. The molecule has 90 valence electrons. The molecule has 2 rings (SSSR count). The van der Waals surface area contributed by atoms with Crippen LogP contribution in [-0.2, 0) is 9.59 Å². The van der Waals surface area contributed by atoms with Crippen LogP contribution < -0.4 is 10.2 Å². The Morgan fingerprint density at radius 2 is 2.12 bits per heavy atom. The van der Waals surface area contributed by atoms with Crippen molar-refractivity contribution in [3.8, 4) is 0 Å². The molecule has 0 bridgehead atoms. The van der Waals surface area contributed by atoms with Crippen LogP contribution in [0.2, 0.25) is 5.02 Å². The molecule has 1 aliphatic heterocycles. The zero-order valence-corrected chi connectivity index (χ0v) is 10.3. The number of halogens is 1. The van der Waals surface area contributed by atoms with E-state index in [1.165, 1.54) is 0 Å². The van der Waals surface area contributed by atoms with E-state index in [2.05, 4.69) is 5.32 Å². The third-order valence-electron chi connectivity index (χ3n) is 2.69. The van der Waals surface area contributed by atoms with Gasteiger partial charge in [0, 0.05) is 13.0 Å². The van der Waals surface area contributed by atoms with Gasteiger partial charge in [0.2, 0.25) is 11.8 Å². The summed E-state index contributed by atoms with van der Waals surface area (Å²) in [5.74, 6) is -0.243. The van der Waals surface area contributed by atoms with Gasteiger partial charge in [-0.15, -0.1) is 0 Å². The second-order valence-corrected chi connectivity index (χ2v) is 4.43. The number of amides is 2. The lowest BCUT2D eigenvalue weighted by Crippen LogP contribution is -2.35. The molecule has 1 heterocycles. The number of carbonyl (C=O) groups is 2. The predicted molar refractivity (Wildman–Crippen MR) is 66.2 cm³/mol. The molecule has 4 nitrogen and oxygen atoms in total. The Hall–Kier alpha value is -1.55. The van der Waals surface area contributed by atoms with Gasteiger partial charge in [-0.25, -0.2) is 0 Å². The minimum atomic E-state index is -0.136. The molecule has 1 fully saturated rings. The fourth-order valence-corrected chi connectivity index (χ4v) is 2.00. The number of hydrogen-bond acceptors (Lipinski definition) is 2. The van der Waals surface area contributed by atoms with Crippen molar-refractivity contribution < 1.29 is 9.59 Å². The van der Waals surface area contributed by atoms with Crippen molar-refractivity contribution >= 4 is 29.1 Å². The largest absolute Gasteiger partial charge is 0.347 e. The van der Waals surface area contributed by atoms with Gasteiger partial charge in [0.15, 0.2) is 0 Å². The van der Waals surface area contributed by atoms with E-state index in [0.29, 0.717) is 23.7 Å². The van der Waals surface area contributed by atoms with E-state index in [1.54, 1.807) is 11.0 Å². The van der Waals surface area contributed by atoms with Crippen LogP contribution in [0.3, 0.4) is 0 Å². The normalized spacial score (nSPS) is 16.7. The predicted octanol–water partition coefficient (Wildman–Crippen LogP) is 1.50. The zero-order valence-electron chi connectivity index (χ0n) is 9.50. The number of nitrogens with one attached hydrogen (secondary N) is 1. The molecule has 0 aromatic heterocycles. The van der Waals surface area contributed by atoms with Crippen LogP contribution in [0.1, 0.15) is 12.0 Å². The van der Waals surface area contributed by atoms with Crippen molar-refractivity contribution in [2.75, 3.05) is 18.0 Å². The van der Waals surface area contributed by atoms with Crippen molar-refractivity contribution in [1.29, 1.82) is 0 Å². The molecule has 0 radical (unpaired) electrons. The van der Waals surface area contributed by atoms with E-state index in [-0.39, 0.29) is 18.4 Å². The molecule has 0 unspecified atom stereocenters. The van der Waals surface area contributed by atoms with Gasteiger partial charge in [0.1, 0.15) is 0 Å². The van der Waals surface area contributed by atoms with E-state index < -0.39 is 0 Å². The first-order valence-corrected chi connectivity index (χ1v) is 5.79. The van der Waals surface area contributed by atoms with E-state index in [0.717, 1.165) is 5.56 Å². The maximum atomic E-state index is 11.9. The van der Waals surface area contributed by atoms with Crippen molar-refractivity contribution in [2.24, 2.45) is 0 Å². The lowest BCUT2D eigenvalue weighted by molar-refractivity contribution is -0.123. The molecule has 0 saturated carbocycles. The first kappa shape index (κ1) is 11.9. The smallest absolute Gasteiger partial charge is 0.246 e. The average molecular weight is 253 g/mol. The quantitative estimate of drug-likeness (QED) is 0.824. The van der Waals surface area contributed by atoms with E-state index >= 15 is 0 Å². The number of aryl methyl sites for hydroxylation is 1. The number of rotatable bonds is 1. The molecular weight excluding hydrogens is 240 g/mol. The zero-order chi connectivity index (χ0) is 12.4. The summed E-state index contributed by atoms with van der Waals surface area (Å²) >= 11 is 6.09. The Balaban J connectivity index is 2.34. The number of anilines is 1. The van der Waals surface area contributed by atoms with Gasteiger partial charge in [0.05, 0.1) is 17.3 Å². The van der Waals surface area contributed by atoms with Gasteiger partial charge in [-0.2, -0.15) is 0 Å². The fourth-order valence-electron chi connectivity index (χ4n) is 1.78. The van der Waals surface area contributed by atoms with Gasteiger partial charge in [-0.3, -0.25) is 9.59 Å². The summed E-state index contributed by atoms with van der Waals surface area (Å²) in [6.07, 6.45) is 0.302. The van der Waals surface area contributed by atoms with Crippen LogP contribution in [0.4, 0.5) is 5.69 Å². The first-order chi connectivity index (χ1) is 8.08. The molecule has 2 amide bonds. The Morgan fingerprint density at radius 1 is 1.35 bits per heavy atom. The molecule has 1 aromatic rings. The maximum Gasteiger partial charge on any atom is 0.246 e. The van der Waals surface area contributed by atoms with Crippen LogP contribution in [0.25, 0.3) is 0 Å². The van der Waals surface area contributed by atoms with Gasteiger partial charge in [0.25, 0.3) is 0 Å². The van der Waals surface area contributed by atoms with Crippen LogP contribution in [0.5, 0.6) is 0 Å². The van der Waals surface area contributed by atoms with E-state index in [4.69, 9.17) is 11.6 Å². The minimum Gasteiger partial charge on any atom is -0.347 e. The fraction of sp³-hybridized carbons (Fsp3) is 0.333. The Morgan fingerprint density at radius 3 is 2.88 bits per heavy atom. The molecule has 1 aliphatic rings. The third kappa shape index (κ3) is 2.58. The van der Waals surface area contributed by atoms with Gasteiger partial charge in [-0.1, -0.05) is 17.7 Å². The van der Waals surface area contributed by atoms with Crippen LogP contribution in [0.15, 0.2) is 18.2 Å². The van der Waals surface area contributed by atoms with Crippen molar-refractivity contribution in [3.05, 3.63) is 28.8 Å². The highest BCUT2D eigenvalue weighted by Gasteiger charge is 2.22. The molecule has 1 aromatic carbocycles. The second kappa shape index (κ2) is 4.75. The summed E-state index contributed by atoms with van der Waals surface area (Å²) in [6.45, 7) is 2.34. The lowest BCUT2D eigenvalue weighted by atomic mass is 10.2. The summed E-state index contributed by atoms with van der Waals surface area (Å²) in [6, 6.07) is 5.51. The molecule has 0 atom stereocenters. The Labute approximate surface area is 105 Å². The Bertz CT molecular complexity index is 474. The standard InChI is InChI=1S/C12H13ClN2O2/c1-8-2-3-9(13)10(6-8)15-5-4-11(16)14-7-12(15)17/h2-3,6H,4-5,7H2,1H3,(H,14,16). The minimum absolute atomic E-state index is 0.0309. The molecule has 1 N–H and O–H groups in total. The van der Waals surface area contributed by atoms with Crippen molar-refractivity contribution in [3.63, 3.8) is 0 Å². The molecular formula is C12H13ClN2O2. The number of hydrogen-bond donors (Lipinski definition) is 1.